The smallest absolute Gasteiger partial charge is 0.258 e. The van der Waals surface area contributed by atoms with Crippen molar-refractivity contribution in [2.24, 2.45) is 0 Å². The Hall–Kier alpha value is -3.59. The molecule has 0 fully saturated rings. The Labute approximate surface area is 199 Å². The largest absolute Gasteiger partial charge is 0.496 e. The SMILES string of the molecule is COc1ccccc1C(C)NC(=O)COc1ccc(N(Cc2ccccc2F)S(C)(=O)=O)cc1. The molecule has 0 radical (unpaired) electrons. The monoisotopic (exact) mass is 486 g/mol. The number of halogens is 1. The van der Waals surface area contributed by atoms with Crippen LogP contribution in [0.1, 0.15) is 24.1 Å². The third kappa shape index (κ3) is 6.48. The second-order valence-electron chi connectivity index (χ2n) is 7.67. The highest BCUT2D eigenvalue weighted by Gasteiger charge is 2.20. The van der Waals surface area contributed by atoms with Crippen LogP contribution in [-0.2, 0) is 21.4 Å². The van der Waals surface area contributed by atoms with Crippen molar-refractivity contribution in [2.75, 3.05) is 24.3 Å². The minimum absolute atomic E-state index is 0.144. The van der Waals surface area contributed by atoms with E-state index in [4.69, 9.17) is 9.47 Å². The van der Waals surface area contributed by atoms with Crippen LogP contribution in [0.15, 0.2) is 72.8 Å². The van der Waals surface area contributed by atoms with Crippen LogP contribution < -0.4 is 19.1 Å². The lowest BCUT2D eigenvalue weighted by atomic mass is 10.1. The highest BCUT2D eigenvalue weighted by atomic mass is 32.2. The number of rotatable bonds is 10. The van der Waals surface area contributed by atoms with Gasteiger partial charge in [-0.1, -0.05) is 36.4 Å². The third-order valence-corrected chi connectivity index (χ3v) is 6.29. The highest BCUT2D eigenvalue weighted by Crippen LogP contribution is 2.26. The van der Waals surface area contributed by atoms with Gasteiger partial charge in [0.25, 0.3) is 5.91 Å². The van der Waals surface area contributed by atoms with Crippen molar-refractivity contribution in [3.63, 3.8) is 0 Å². The molecule has 0 aliphatic rings. The van der Waals surface area contributed by atoms with Gasteiger partial charge in [-0.25, -0.2) is 12.8 Å². The Kier molecular flexibility index (Phi) is 8.12. The summed E-state index contributed by atoms with van der Waals surface area (Å²) in [6.45, 7) is 1.48. The molecular formula is C25H27FN2O5S. The highest BCUT2D eigenvalue weighted by molar-refractivity contribution is 7.92. The number of sulfonamides is 1. The number of carbonyl (C=O) groups is 1. The zero-order valence-corrected chi connectivity index (χ0v) is 20.0. The lowest BCUT2D eigenvalue weighted by Crippen LogP contribution is -2.31. The minimum atomic E-state index is -3.67. The fourth-order valence-corrected chi connectivity index (χ4v) is 4.30. The van der Waals surface area contributed by atoms with Crippen LogP contribution in [-0.4, -0.2) is 34.3 Å². The lowest BCUT2D eigenvalue weighted by molar-refractivity contribution is -0.123. The number of benzene rings is 3. The second kappa shape index (κ2) is 11.0. The number of carbonyl (C=O) groups excluding carboxylic acids is 1. The van der Waals surface area contributed by atoms with E-state index in [1.165, 1.54) is 12.1 Å². The number of nitrogens with one attached hydrogen (secondary N) is 1. The molecule has 0 heterocycles. The number of nitrogens with zero attached hydrogens (tertiary/aromatic N) is 1. The van der Waals surface area contributed by atoms with Gasteiger partial charge in [-0.15, -0.1) is 0 Å². The Morgan fingerprint density at radius 1 is 1.03 bits per heavy atom. The van der Waals surface area contributed by atoms with Gasteiger partial charge in [0.1, 0.15) is 17.3 Å². The molecule has 1 N–H and O–H groups in total. The standard InChI is InChI=1S/C25H27FN2O5S/c1-18(22-9-5-7-11-24(22)32-2)27-25(29)17-33-21-14-12-20(13-15-21)28(34(3,30)31)16-19-8-4-6-10-23(19)26/h4-15,18H,16-17H2,1-3H3,(H,27,29). The van der Waals surface area contributed by atoms with E-state index in [0.717, 1.165) is 16.1 Å². The number of anilines is 1. The molecule has 3 aromatic carbocycles. The van der Waals surface area contributed by atoms with E-state index < -0.39 is 15.8 Å². The first kappa shape index (κ1) is 25.0. The number of hydrogen-bond acceptors (Lipinski definition) is 5. The molecule has 0 bridgehead atoms. The van der Waals surface area contributed by atoms with E-state index in [9.17, 15) is 17.6 Å². The summed E-state index contributed by atoms with van der Waals surface area (Å²) in [7, 11) is -2.09. The topological polar surface area (TPSA) is 84.9 Å². The van der Waals surface area contributed by atoms with Crippen LogP contribution in [0.4, 0.5) is 10.1 Å². The normalized spacial score (nSPS) is 12.0. The fraction of sp³-hybridized carbons (Fsp3) is 0.240. The minimum Gasteiger partial charge on any atom is -0.496 e. The lowest BCUT2D eigenvalue weighted by Gasteiger charge is -2.23. The number of hydrogen-bond donors (Lipinski definition) is 1. The average molecular weight is 487 g/mol. The zero-order valence-electron chi connectivity index (χ0n) is 19.2. The maximum absolute atomic E-state index is 14.0. The van der Waals surface area contributed by atoms with E-state index in [-0.39, 0.29) is 30.7 Å². The van der Waals surface area contributed by atoms with E-state index >= 15 is 0 Å². The van der Waals surface area contributed by atoms with E-state index in [1.54, 1.807) is 43.5 Å². The Balaban J connectivity index is 1.63. The van der Waals surface area contributed by atoms with Crippen molar-refractivity contribution in [3.05, 3.63) is 89.7 Å². The maximum Gasteiger partial charge on any atom is 0.258 e. The van der Waals surface area contributed by atoms with Gasteiger partial charge in [-0.2, -0.15) is 0 Å². The zero-order chi connectivity index (χ0) is 24.7. The molecule has 34 heavy (non-hydrogen) atoms. The number of ether oxygens (including phenoxy) is 2. The second-order valence-corrected chi connectivity index (χ2v) is 9.58. The molecule has 3 aromatic rings. The van der Waals surface area contributed by atoms with E-state index in [1.807, 2.05) is 31.2 Å². The van der Waals surface area contributed by atoms with Gasteiger partial charge in [0.2, 0.25) is 10.0 Å². The average Bonchev–Trinajstić information content (AvgIpc) is 2.82. The first-order chi connectivity index (χ1) is 16.2. The van der Waals surface area contributed by atoms with Crippen molar-refractivity contribution in [1.29, 1.82) is 0 Å². The molecule has 3 rings (SSSR count). The van der Waals surface area contributed by atoms with Crippen LogP contribution in [0.5, 0.6) is 11.5 Å². The third-order valence-electron chi connectivity index (χ3n) is 5.15. The molecule has 0 aliphatic heterocycles. The summed E-state index contributed by atoms with van der Waals surface area (Å²) in [5, 5.41) is 2.86. The molecule has 180 valence electrons. The molecule has 1 unspecified atom stereocenters. The molecule has 1 amide bonds. The van der Waals surface area contributed by atoms with Crippen LogP contribution in [0, 0.1) is 5.82 Å². The molecule has 0 saturated carbocycles. The Morgan fingerprint density at radius 3 is 2.32 bits per heavy atom. The number of methoxy groups -OCH3 is 1. The molecule has 0 aromatic heterocycles. The van der Waals surface area contributed by atoms with Crippen molar-refractivity contribution in [2.45, 2.75) is 19.5 Å². The summed E-state index contributed by atoms with van der Waals surface area (Å²) in [5.41, 5.74) is 1.46. The Bertz CT molecular complexity index is 1230. The summed E-state index contributed by atoms with van der Waals surface area (Å²) < 4.78 is 50.7. The molecule has 9 heteroatoms. The van der Waals surface area contributed by atoms with Gasteiger partial charge in [-0.05, 0) is 43.3 Å². The summed E-state index contributed by atoms with van der Waals surface area (Å²) in [6.07, 6.45) is 1.06. The molecule has 1 atom stereocenters. The Morgan fingerprint density at radius 2 is 1.68 bits per heavy atom. The predicted molar refractivity (Wildman–Crippen MR) is 129 cm³/mol. The van der Waals surface area contributed by atoms with Crippen molar-refractivity contribution in [3.8, 4) is 11.5 Å². The van der Waals surface area contributed by atoms with Gasteiger partial charge < -0.3 is 14.8 Å². The van der Waals surface area contributed by atoms with Crippen LogP contribution in [0.3, 0.4) is 0 Å². The van der Waals surface area contributed by atoms with Crippen molar-refractivity contribution < 1.29 is 27.1 Å². The molecule has 0 spiro atoms. The van der Waals surface area contributed by atoms with Crippen LogP contribution >= 0.6 is 0 Å². The van der Waals surface area contributed by atoms with Gasteiger partial charge in [0, 0.05) is 11.1 Å². The predicted octanol–water partition coefficient (Wildman–Crippen LogP) is 4.06. The summed E-state index contributed by atoms with van der Waals surface area (Å²) >= 11 is 0. The van der Waals surface area contributed by atoms with E-state index in [2.05, 4.69) is 5.32 Å². The van der Waals surface area contributed by atoms with Crippen LogP contribution in [0.25, 0.3) is 0 Å². The van der Waals surface area contributed by atoms with Gasteiger partial charge in [0.15, 0.2) is 6.61 Å². The van der Waals surface area contributed by atoms with Gasteiger partial charge >= 0.3 is 0 Å². The van der Waals surface area contributed by atoms with Gasteiger partial charge in [-0.3, -0.25) is 9.10 Å². The van der Waals surface area contributed by atoms with Crippen LogP contribution in [0.2, 0.25) is 0 Å². The summed E-state index contributed by atoms with van der Waals surface area (Å²) in [5.74, 6) is 0.269. The van der Waals surface area contributed by atoms with E-state index in [0.29, 0.717) is 17.2 Å². The van der Waals surface area contributed by atoms with Crippen molar-refractivity contribution in [1.82, 2.24) is 5.32 Å². The summed E-state index contributed by atoms with van der Waals surface area (Å²) in [4.78, 5) is 12.3. The quantitative estimate of drug-likeness (QED) is 0.467. The summed E-state index contributed by atoms with van der Waals surface area (Å²) in [6, 6.07) is 19.4. The van der Waals surface area contributed by atoms with Gasteiger partial charge in [0.05, 0.1) is 31.6 Å². The molecular weight excluding hydrogens is 459 g/mol. The maximum atomic E-state index is 14.0. The number of para-hydroxylation sites is 1. The van der Waals surface area contributed by atoms with Crippen molar-refractivity contribution >= 4 is 21.6 Å². The number of amides is 1. The molecule has 0 aliphatic carbocycles. The molecule has 7 nitrogen and oxygen atoms in total. The fourth-order valence-electron chi connectivity index (χ4n) is 3.42. The first-order valence-electron chi connectivity index (χ1n) is 10.6. The first-order valence-corrected chi connectivity index (χ1v) is 12.4. The molecule has 0 saturated heterocycles.